The van der Waals surface area contributed by atoms with Crippen LogP contribution in [0.3, 0.4) is 0 Å². The Morgan fingerprint density at radius 1 is 1.04 bits per heavy atom. The summed E-state index contributed by atoms with van der Waals surface area (Å²) in [5.74, 6) is -0.200. The fourth-order valence-corrected chi connectivity index (χ4v) is 2.21. The molecule has 6 heteroatoms. The van der Waals surface area contributed by atoms with Crippen LogP contribution in [0, 0.1) is 13.8 Å². The average Bonchev–Trinajstić information content (AvgIpc) is 2.61. The van der Waals surface area contributed by atoms with Crippen LogP contribution in [-0.2, 0) is 16.1 Å². The monoisotopic (exact) mass is 342 g/mol. The Morgan fingerprint density at radius 3 is 2.60 bits per heavy atom. The van der Waals surface area contributed by atoms with Gasteiger partial charge in [0.15, 0.2) is 6.61 Å². The summed E-state index contributed by atoms with van der Waals surface area (Å²) in [6.45, 7) is 4.08. The van der Waals surface area contributed by atoms with Gasteiger partial charge in [-0.1, -0.05) is 24.3 Å². The van der Waals surface area contributed by atoms with Crippen LogP contribution < -0.4 is 15.6 Å². The summed E-state index contributed by atoms with van der Waals surface area (Å²) in [6.07, 6.45) is 0. The molecule has 0 heterocycles. The molecule has 0 aliphatic carbocycles. The third-order valence-electron chi connectivity index (χ3n) is 3.52. The van der Waals surface area contributed by atoms with Crippen molar-refractivity contribution in [1.82, 2.24) is 10.9 Å². The third-order valence-corrected chi connectivity index (χ3v) is 3.52. The first-order valence-electron chi connectivity index (χ1n) is 7.86. The van der Waals surface area contributed by atoms with Gasteiger partial charge in [-0.15, -0.1) is 0 Å². The molecule has 0 aliphatic rings. The molecule has 25 heavy (non-hydrogen) atoms. The zero-order chi connectivity index (χ0) is 18.2. The average molecular weight is 342 g/mol. The van der Waals surface area contributed by atoms with Crippen molar-refractivity contribution in [3.8, 4) is 5.75 Å². The minimum atomic E-state index is -0.442. The van der Waals surface area contributed by atoms with Crippen LogP contribution >= 0.6 is 0 Å². The predicted octanol–water partition coefficient (Wildman–Crippen LogP) is 2.29. The van der Waals surface area contributed by atoms with E-state index in [2.05, 4.69) is 10.9 Å². The summed E-state index contributed by atoms with van der Waals surface area (Å²) in [5.41, 5.74) is 8.01. The van der Waals surface area contributed by atoms with Crippen molar-refractivity contribution in [1.29, 1.82) is 0 Å². The number of carbonyl (C=O) groups is 2. The maximum absolute atomic E-state index is 12.1. The minimum Gasteiger partial charge on any atom is -0.483 e. The molecule has 2 aromatic rings. The van der Waals surface area contributed by atoms with Crippen LogP contribution in [0.2, 0.25) is 0 Å². The summed E-state index contributed by atoms with van der Waals surface area (Å²) >= 11 is 0. The molecule has 0 saturated heterocycles. The molecule has 0 saturated carbocycles. The van der Waals surface area contributed by atoms with E-state index in [1.54, 1.807) is 25.3 Å². The molecule has 2 N–H and O–H groups in total. The zero-order valence-electron chi connectivity index (χ0n) is 14.6. The van der Waals surface area contributed by atoms with Gasteiger partial charge in [0.25, 0.3) is 11.8 Å². The quantitative estimate of drug-likeness (QED) is 0.790. The molecule has 0 fully saturated rings. The van der Waals surface area contributed by atoms with Gasteiger partial charge >= 0.3 is 0 Å². The number of aryl methyl sites for hydroxylation is 2. The van der Waals surface area contributed by atoms with Crippen LogP contribution in [0.5, 0.6) is 5.75 Å². The Labute approximate surface area is 147 Å². The SMILES string of the molecule is COCc1cccc(C(=O)NNC(=O)COc2cc(C)ccc2C)c1. The molecule has 0 aliphatic heterocycles. The van der Waals surface area contributed by atoms with Gasteiger partial charge in [-0.2, -0.15) is 0 Å². The zero-order valence-corrected chi connectivity index (χ0v) is 14.6. The summed E-state index contributed by atoms with van der Waals surface area (Å²) in [5, 5.41) is 0. The Hall–Kier alpha value is -2.86. The van der Waals surface area contributed by atoms with Crippen molar-refractivity contribution in [3.63, 3.8) is 0 Å². The van der Waals surface area contributed by atoms with E-state index < -0.39 is 11.8 Å². The smallest absolute Gasteiger partial charge is 0.276 e. The van der Waals surface area contributed by atoms with Crippen LogP contribution in [0.4, 0.5) is 0 Å². The number of amides is 2. The van der Waals surface area contributed by atoms with E-state index in [1.165, 1.54) is 0 Å². The van der Waals surface area contributed by atoms with E-state index in [0.717, 1.165) is 16.7 Å². The number of hydrogen-bond acceptors (Lipinski definition) is 4. The van der Waals surface area contributed by atoms with Gasteiger partial charge in [-0.3, -0.25) is 20.4 Å². The van der Waals surface area contributed by atoms with Crippen LogP contribution in [0.15, 0.2) is 42.5 Å². The van der Waals surface area contributed by atoms with Gasteiger partial charge in [0.1, 0.15) is 5.75 Å². The summed E-state index contributed by atoms with van der Waals surface area (Å²) in [4.78, 5) is 23.9. The van der Waals surface area contributed by atoms with Crippen LogP contribution in [-0.4, -0.2) is 25.5 Å². The van der Waals surface area contributed by atoms with Crippen LogP contribution in [0.1, 0.15) is 27.0 Å². The first kappa shape index (κ1) is 18.5. The van der Waals surface area contributed by atoms with E-state index in [0.29, 0.717) is 17.9 Å². The molecule has 0 bridgehead atoms. The second kappa shape index (κ2) is 8.84. The number of ether oxygens (including phenoxy) is 2. The molecule has 0 spiro atoms. The van der Waals surface area contributed by atoms with Gasteiger partial charge in [0.2, 0.25) is 0 Å². The van der Waals surface area contributed by atoms with Gasteiger partial charge in [-0.05, 0) is 48.7 Å². The highest BCUT2D eigenvalue weighted by Crippen LogP contribution is 2.18. The Balaban J connectivity index is 1.84. The fraction of sp³-hybridized carbons (Fsp3) is 0.263. The third kappa shape index (κ3) is 5.61. The number of benzene rings is 2. The number of nitrogens with one attached hydrogen (secondary N) is 2. The van der Waals surface area contributed by atoms with E-state index in [-0.39, 0.29) is 6.61 Å². The van der Waals surface area contributed by atoms with E-state index in [4.69, 9.17) is 9.47 Å². The molecular weight excluding hydrogens is 320 g/mol. The minimum absolute atomic E-state index is 0.186. The van der Waals surface area contributed by atoms with Crippen molar-refractivity contribution in [2.45, 2.75) is 20.5 Å². The highest BCUT2D eigenvalue weighted by atomic mass is 16.5. The number of methoxy groups -OCH3 is 1. The summed E-state index contributed by atoms with van der Waals surface area (Å²) in [6, 6.07) is 12.7. The van der Waals surface area contributed by atoms with E-state index in [1.807, 2.05) is 38.1 Å². The molecular formula is C19H22N2O4. The lowest BCUT2D eigenvalue weighted by Gasteiger charge is -2.11. The molecule has 2 amide bonds. The topological polar surface area (TPSA) is 76.7 Å². The van der Waals surface area contributed by atoms with E-state index >= 15 is 0 Å². The highest BCUT2D eigenvalue weighted by molar-refractivity contribution is 5.95. The predicted molar refractivity (Wildman–Crippen MR) is 94.2 cm³/mol. The Morgan fingerprint density at radius 2 is 1.84 bits per heavy atom. The van der Waals surface area contributed by atoms with Crippen molar-refractivity contribution in [2.24, 2.45) is 0 Å². The van der Waals surface area contributed by atoms with Crippen LogP contribution in [0.25, 0.3) is 0 Å². The normalized spacial score (nSPS) is 10.2. The molecule has 2 rings (SSSR count). The van der Waals surface area contributed by atoms with Gasteiger partial charge in [-0.25, -0.2) is 0 Å². The first-order chi connectivity index (χ1) is 12.0. The molecule has 6 nitrogen and oxygen atoms in total. The van der Waals surface area contributed by atoms with Gasteiger partial charge < -0.3 is 9.47 Å². The standard InChI is InChI=1S/C19H22N2O4/c1-13-7-8-14(2)17(9-13)25-12-18(22)20-21-19(23)16-6-4-5-15(10-16)11-24-3/h4-10H,11-12H2,1-3H3,(H,20,22)(H,21,23). The Kier molecular flexibility index (Phi) is 6.54. The maximum Gasteiger partial charge on any atom is 0.276 e. The van der Waals surface area contributed by atoms with Crippen molar-refractivity contribution < 1.29 is 19.1 Å². The maximum atomic E-state index is 12.1. The second-order valence-electron chi connectivity index (χ2n) is 5.69. The number of rotatable bonds is 6. The number of hydrazine groups is 1. The highest BCUT2D eigenvalue weighted by Gasteiger charge is 2.09. The molecule has 0 radical (unpaired) electrons. The molecule has 0 aromatic heterocycles. The Bertz CT molecular complexity index is 759. The molecule has 0 unspecified atom stereocenters. The molecule has 2 aromatic carbocycles. The lowest BCUT2D eigenvalue weighted by atomic mass is 10.1. The lowest BCUT2D eigenvalue weighted by Crippen LogP contribution is -2.43. The van der Waals surface area contributed by atoms with Crippen molar-refractivity contribution in [2.75, 3.05) is 13.7 Å². The number of carbonyl (C=O) groups excluding carboxylic acids is 2. The van der Waals surface area contributed by atoms with Crippen molar-refractivity contribution >= 4 is 11.8 Å². The first-order valence-corrected chi connectivity index (χ1v) is 7.86. The lowest BCUT2D eigenvalue weighted by molar-refractivity contribution is -0.123. The molecule has 0 atom stereocenters. The summed E-state index contributed by atoms with van der Waals surface area (Å²) in [7, 11) is 1.59. The summed E-state index contributed by atoms with van der Waals surface area (Å²) < 4.78 is 10.5. The number of hydrogen-bond donors (Lipinski definition) is 2. The molecule has 132 valence electrons. The van der Waals surface area contributed by atoms with Crippen molar-refractivity contribution in [3.05, 3.63) is 64.7 Å². The van der Waals surface area contributed by atoms with E-state index in [9.17, 15) is 9.59 Å². The fourth-order valence-electron chi connectivity index (χ4n) is 2.21. The second-order valence-corrected chi connectivity index (χ2v) is 5.69. The largest absolute Gasteiger partial charge is 0.483 e. The van der Waals surface area contributed by atoms with Gasteiger partial charge in [0.05, 0.1) is 6.61 Å². The van der Waals surface area contributed by atoms with Gasteiger partial charge in [0, 0.05) is 12.7 Å².